The Labute approximate surface area is 93.1 Å². The van der Waals surface area contributed by atoms with Crippen LogP contribution in [0.4, 0.5) is 0 Å². The van der Waals surface area contributed by atoms with Crippen LogP contribution in [-0.4, -0.2) is 18.0 Å². The zero-order valence-electron chi connectivity index (χ0n) is 10.0. The van der Waals surface area contributed by atoms with Crippen molar-refractivity contribution >= 4 is 0 Å². The molecule has 0 spiro atoms. The molecular weight excluding hydrogens is 182 g/mol. The highest BCUT2D eigenvalue weighted by Crippen LogP contribution is 2.34. The van der Waals surface area contributed by atoms with Gasteiger partial charge in [-0.25, -0.2) is 0 Å². The highest BCUT2D eigenvalue weighted by molar-refractivity contribution is 5.15. The molecule has 2 rings (SSSR count). The fourth-order valence-electron chi connectivity index (χ4n) is 2.09. The van der Waals surface area contributed by atoms with Crippen molar-refractivity contribution in [2.45, 2.75) is 27.3 Å². The van der Waals surface area contributed by atoms with E-state index in [9.17, 15) is 0 Å². The molecule has 1 fully saturated rings. The van der Waals surface area contributed by atoms with Crippen LogP contribution in [0.3, 0.4) is 0 Å². The molecule has 0 bridgehead atoms. The average Bonchev–Trinajstić information content (AvgIpc) is 2.10. The lowest BCUT2D eigenvalue weighted by Gasteiger charge is -2.46. The first-order valence-corrected chi connectivity index (χ1v) is 5.82. The van der Waals surface area contributed by atoms with E-state index in [0.29, 0.717) is 5.41 Å². The Hall–Kier alpha value is -0.820. The molecule has 1 aromatic carbocycles. The molecule has 1 aromatic rings. The second-order valence-corrected chi connectivity index (χ2v) is 5.74. The number of likely N-dealkylation sites (tertiary alicyclic amines) is 1. The van der Waals surface area contributed by atoms with Crippen LogP contribution in [0.15, 0.2) is 30.3 Å². The molecule has 0 aliphatic carbocycles. The Balaban J connectivity index is 1.82. The largest absolute Gasteiger partial charge is 0.298 e. The van der Waals surface area contributed by atoms with Gasteiger partial charge in [0.2, 0.25) is 0 Å². The van der Waals surface area contributed by atoms with Crippen molar-refractivity contribution in [1.29, 1.82) is 0 Å². The van der Waals surface area contributed by atoms with E-state index in [1.165, 1.54) is 18.7 Å². The summed E-state index contributed by atoms with van der Waals surface area (Å²) in [7, 11) is 0. The zero-order chi connectivity index (χ0) is 10.9. The van der Waals surface area contributed by atoms with Gasteiger partial charge in [0.1, 0.15) is 0 Å². The van der Waals surface area contributed by atoms with E-state index >= 15 is 0 Å². The number of nitrogens with zero attached hydrogens (tertiary/aromatic N) is 1. The lowest BCUT2D eigenvalue weighted by Crippen LogP contribution is -2.51. The van der Waals surface area contributed by atoms with Crippen molar-refractivity contribution in [3.63, 3.8) is 0 Å². The molecule has 1 aliphatic heterocycles. The Morgan fingerprint density at radius 3 is 2.27 bits per heavy atom. The fraction of sp³-hybridized carbons (Fsp3) is 0.571. The second kappa shape index (κ2) is 3.97. The summed E-state index contributed by atoms with van der Waals surface area (Å²) in [6.45, 7) is 10.7. The first-order chi connectivity index (χ1) is 7.05. The van der Waals surface area contributed by atoms with E-state index in [1.807, 2.05) is 0 Å². The summed E-state index contributed by atoms with van der Waals surface area (Å²) in [5.74, 6) is 0.876. The van der Waals surface area contributed by atoms with Gasteiger partial charge in [-0.2, -0.15) is 0 Å². The van der Waals surface area contributed by atoms with Gasteiger partial charge in [-0.3, -0.25) is 4.90 Å². The maximum absolute atomic E-state index is 2.53. The third-order valence-corrected chi connectivity index (χ3v) is 3.43. The second-order valence-electron chi connectivity index (χ2n) is 5.74. The van der Waals surface area contributed by atoms with Gasteiger partial charge in [0.25, 0.3) is 0 Å². The number of hydrogen-bond acceptors (Lipinski definition) is 1. The fourth-order valence-corrected chi connectivity index (χ4v) is 2.09. The monoisotopic (exact) mass is 203 g/mol. The molecule has 0 radical (unpaired) electrons. The van der Waals surface area contributed by atoms with Crippen molar-refractivity contribution in [2.75, 3.05) is 13.1 Å². The molecule has 1 aliphatic rings. The summed E-state index contributed by atoms with van der Waals surface area (Å²) in [5.41, 5.74) is 1.91. The first-order valence-electron chi connectivity index (χ1n) is 5.82. The summed E-state index contributed by atoms with van der Waals surface area (Å²) in [6.07, 6.45) is 0. The molecule has 1 heteroatoms. The number of benzene rings is 1. The lowest BCUT2D eigenvalue weighted by atomic mass is 9.76. The minimum Gasteiger partial charge on any atom is -0.298 e. The highest BCUT2D eigenvalue weighted by Gasteiger charge is 2.35. The quantitative estimate of drug-likeness (QED) is 0.713. The molecule has 1 heterocycles. The molecule has 0 unspecified atom stereocenters. The van der Waals surface area contributed by atoms with Gasteiger partial charge in [0, 0.05) is 19.6 Å². The van der Waals surface area contributed by atoms with E-state index in [2.05, 4.69) is 56.0 Å². The van der Waals surface area contributed by atoms with Gasteiger partial charge in [-0.1, -0.05) is 51.1 Å². The summed E-state index contributed by atoms with van der Waals surface area (Å²) in [5, 5.41) is 0. The molecule has 82 valence electrons. The third kappa shape index (κ3) is 2.60. The van der Waals surface area contributed by atoms with E-state index in [0.717, 1.165) is 12.5 Å². The summed E-state index contributed by atoms with van der Waals surface area (Å²) in [6, 6.07) is 10.7. The lowest BCUT2D eigenvalue weighted by molar-refractivity contribution is 0.0189. The predicted molar refractivity (Wildman–Crippen MR) is 64.7 cm³/mol. The Morgan fingerprint density at radius 2 is 1.73 bits per heavy atom. The van der Waals surface area contributed by atoms with Gasteiger partial charge < -0.3 is 0 Å². The average molecular weight is 203 g/mol. The Morgan fingerprint density at radius 1 is 1.13 bits per heavy atom. The smallest absolute Gasteiger partial charge is 0.0233 e. The SMILES string of the molecule is CC(C)(C)C1CN(Cc2ccccc2)C1. The standard InChI is InChI=1S/C14H21N/c1-14(2,3)13-10-15(11-13)9-12-7-5-4-6-8-12/h4-8,13H,9-11H2,1-3H3. The number of hydrogen-bond donors (Lipinski definition) is 0. The van der Waals surface area contributed by atoms with Crippen LogP contribution in [0.5, 0.6) is 0 Å². The molecular formula is C14H21N. The zero-order valence-corrected chi connectivity index (χ0v) is 10.0. The van der Waals surface area contributed by atoms with E-state index in [-0.39, 0.29) is 0 Å². The van der Waals surface area contributed by atoms with Crippen LogP contribution in [0, 0.1) is 11.3 Å². The molecule has 0 saturated carbocycles. The van der Waals surface area contributed by atoms with Gasteiger partial charge in [0.15, 0.2) is 0 Å². The van der Waals surface area contributed by atoms with Crippen molar-refractivity contribution in [2.24, 2.45) is 11.3 Å². The predicted octanol–water partition coefficient (Wildman–Crippen LogP) is 3.16. The summed E-state index contributed by atoms with van der Waals surface area (Å²) >= 11 is 0. The van der Waals surface area contributed by atoms with Crippen LogP contribution in [0.25, 0.3) is 0 Å². The Kier molecular flexibility index (Phi) is 2.83. The number of rotatable bonds is 2. The summed E-state index contributed by atoms with van der Waals surface area (Å²) in [4.78, 5) is 2.53. The van der Waals surface area contributed by atoms with E-state index < -0.39 is 0 Å². The van der Waals surface area contributed by atoms with Crippen molar-refractivity contribution < 1.29 is 0 Å². The molecule has 0 atom stereocenters. The van der Waals surface area contributed by atoms with E-state index in [4.69, 9.17) is 0 Å². The van der Waals surface area contributed by atoms with Gasteiger partial charge in [0.05, 0.1) is 0 Å². The van der Waals surface area contributed by atoms with Gasteiger partial charge in [-0.15, -0.1) is 0 Å². The van der Waals surface area contributed by atoms with E-state index in [1.54, 1.807) is 0 Å². The van der Waals surface area contributed by atoms with Crippen LogP contribution < -0.4 is 0 Å². The molecule has 0 amide bonds. The molecule has 0 aromatic heterocycles. The highest BCUT2D eigenvalue weighted by atomic mass is 15.2. The minimum absolute atomic E-state index is 0.479. The third-order valence-electron chi connectivity index (χ3n) is 3.43. The van der Waals surface area contributed by atoms with Crippen LogP contribution >= 0.6 is 0 Å². The molecule has 1 saturated heterocycles. The minimum atomic E-state index is 0.479. The maximum atomic E-state index is 2.53. The molecule has 0 N–H and O–H groups in total. The topological polar surface area (TPSA) is 3.24 Å². The van der Waals surface area contributed by atoms with Crippen molar-refractivity contribution in [3.8, 4) is 0 Å². The van der Waals surface area contributed by atoms with Crippen LogP contribution in [0.2, 0.25) is 0 Å². The van der Waals surface area contributed by atoms with Crippen LogP contribution in [0.1, 0.15) is 26.3 Å². The van der Waals surface area contributed by atoms with Crippen LogP contribution in [-0.2, 0) is 6.54 Å². The Bertz CT molecular complexity index is 304. The normalized spacial score (nSPS) is 18.9. The van der Waals surface area contributed by atoms with Gasteiger partial charge >= 0.3 is 0 Å². The molecule has 1 nitrogen and oxygen atoms in total. The summed E-state index contributed by atoms with van der Waals surface area (Å²) < 4.78 is 0. The van der Waals surface area contributed by atoms with Gasteiger partial charge in [-0.05, 0) is 16.9 Å². The van der Waals surface area contributed by atoms with Crippen molar-refractivity contribution in [3.05, 3.63) is 35.9 Å². The van der Waals surface area contributed by atoms with Crippen molar-refractivity contribution in [1.82, 2.24) is 4.90 Å². The maximum Gasteiger partial charge on any atom is 0.0233 e. The first kappa shape index (κ1) is 10.7. The molecule has 15 heavy (non-hydrogen) atoms.